The van der Waals surface area contributed by atoms with E-state index in [1.807, 2.05) is 0 Å². The lowest BCUT2D eigenvalue weighted by Gasteiger charge is -1.95. The highest BCUT2D eigenvalue weighted by Gasteiger charge is 2.23. The van der Waals surface area contributed by atoms with Crippen molar-refractivity contribution in [2.45, 2.75) is 5.03 Å². The van der Waals surface area contributed by atoms with Crippen molar-refractivity contribution in [1.82, 2.24) is 10.2 Å². The van der Waals surface area contributed by atoms with Crippen molar-refractivity contribution in [2.24, 2.45) is 5.14 Å². The number of rotatable bonds is 2. The third-order valence-corrected chi connectivity index (χ3v) is 2.87. The molecule has 0 fully saturated rings. The zero-order valence-corrected chi connectivity index (χ0v) is 8.56. The Morgan fingerprint density at radius 1 is 1.44 bits per heavy atom. The van der Waals surface area contributed by atoms with Crippen molar-refractivity contribution in [3.05, 3.63) is 28.3 Å². The smallest absolute Gasteiger partial charge is 0.265 e. The summed E-state index contributed by atoms with van der Waals surface area (Å²) in [4.78, 5) is 10.0. The van der Waals surface area contributed by atoms with Gasteiger partial charge in [0, 0.05) is 6.07 Å². The monoisotopic (exact) mass is 242 g/mol. The van der Waals surface area contributed by atoms with E-state index in [0.717, 1.165) is 0 Å². The summed E-state index contributed by atoms with van der Waals surface area (Å²) < 4.78 is 22.3. The molecular formula is C7H6N4O4S. The minimum atomic E-state index is -4.06. The van der Waals surface area contributed by atoms with Gasteiger partial charge in [-0.2, -0.15) is 5.10 Å². The minimum Gasteiger partial charge on any atom is -0.265 e. The summed E-state index contributed by atoms with van der Waals surface area (Å²) in [6, 6.07) is 4.05. The van der Waals surface area contributed by atoms with E-state index >= 15 is 0 Å². The van der Waals surface area contributed by atoms with Crippen LogP contribution in [0.2, 0.25) is 0 Å². The number of H-pyrrole nitrogens is 1. The Balaban J connectivity index is 2.94. The van der Waals surface area contributed by atoms with Crippen LogP contribution >= 0.6 is 0 Å². The number of aromatic amines is 1. The standard InChI is InChI=1S/C7H6N4O4S/c8-16(14,15)7-6-4(9-10-7)2-1-3-5(6)11(12)13/h1-3H,(H,9,10)(H2,8,14,15). The fourth-order valence-electron chi connectivity index (χ4n) is 1.38. The molecule has 0 atom stereocenters. The van der Waals surface area contributed by atoms with Crippen LogP contribution in [0.3, 0.4) is 0 Å². The summed E-state index contributed by atoms with van der Waals surface area (Å²) in [7, 11) is -4.06. The van der Waals surface area contributed by atoms with Gasteiger partial charge >= 0.3 is 0 Å². The highest BCUT2D eigenvalue weighted by molar-refractivity contribution is 7.89. The highest BCUT2D eigenvalue weighted by atomic mass is 32.2. The van der Waals surface area contributed by atoms with E-state index < -0.39 is 20.0 Å². The van der Waals surface area contributed by atoms with Crippen LogP contribution in [0.4, 0.5) is 5.69 Å². The molecule has 0 bridgehead atoms. The van der Waals surface area contributed by atoms with Gasteiger partial charge in [-0.15, -0.1) is 0 Å². The lowest BCUT2D eigenvalue weighted by molar-refractivity contribution is -0.383. The number of nitro benzene ring substituents is 1. The molecule has 9 heteroatoms. The quantitative estimate of drug-likeness (QED) is 0.570. The minimum absolute atomic E-state index is 0.102. The molecule has 0 saturated heterocycles. The first-order valence-corrected chi connectivity index (χ1v) is 5.60. The maximum Gasteiger partial charge on any atom is 0.281 e. The van der Waals surface area contributed by atoms with Crippen molar-refractivity contribution in [3.8, 4) is 0 Å². The van der Waals surface area contributed by atoms with Crippen LogP contribution in [-0.4, -0.2) is 23.5 Å². The zero-order valence-electron chi connectivity index (χ0n) is 7.75. The van der Waals surface area contributed by atoms with Crippen LogP contribution in [-0.2, 0) is 10.0 Å². The molecule has 0 amide bonds. The number of primary sulfonamides is 1. The summed E-state index contributed by atoms with van der Waals surface area (Å²) in [5, 5.41) is 20.9. The number of fused-ring (bicyclic) bond motifs is 1. The number of nitrogens with one attached hydrogen (secondary N) is 1. The first-order valence-electron chi connectivity index (χ1n) is 4.05. The molecule has 1 aromatic heterocycles. The second-order valence-corrected chi connectivity index (χ2v) is 4.52. The van der Waals surface area contributed by atoms with Gasteiger partial charge in [0.15, 0.2) is 5.03 Å². The number of nitro groups is 1. The number of aromatic nitrogens is 2. The van der Waals surface area contributed by atoms with E-state index in [0.29, 0.717) is 0 Å². The Bertz CT molecular complexity index is 675. The van der Waals surface area contributed by atoms with E-state index in [-0.39, 0.29) is 16.6 Å². The van der Waals surface area contributed by atoms with Crippen molar-refractivity contribution in [3.63, 3.8) is 0 Å². The molecule has 0 unspecified atom stereocenters. The molecule has 1 aromatic carbocycles. The average molecular weight is 242 g/mol. The normalized spacial score (nSPS) is 11.8. The largest absolute Gasteiger partial charge is 0.281 e. The molecule has 0 aliphatic rings. The number of benzene rings is 1. The summed E-state index contributed by atoms with van der Waals surface area (Å²) in [5.74, 6) is 0. The molecule has 2 rings (SSSR count). The Labute approximate surface area is 89.3 Å². The first-order chi connectivity index (χ1) is 7.41. The summed E-state index contributed by atoms with van der Waals surface area (Å²) in [5.41, 5.74) is -0.173. The lowest BCUT2D eigenvalue weighted by Crippen LogP contribution is -2.13. The molecule has 3 N–H and O–H groups in total. The van der Waals surface area contributed by atoms with Crippen LogP contribution in [0.25, 0.3) is 10.9 Å². The first kappa shape index (κ1) is 10.5. The number of sulfonamides is 1. The van der Waals surface area contributed by atoms with Gasteiger partial charge in [-0.3, -0.25) is 15.2 Å². The van der Waals surface area contributed by atoms with E-state index in [1.54, 1.807) is 0 Å². The number of hydrogen-bond donors (Lipinski definition) is 2. The molecule has 2 aromatic rings. The van der Waals surface area contributed by atoms with Gasteiger partial charge in [0.05, 0.1) is 4.92 Å². The molecule has 1 heterocycles. The van der Waals surface area contributed by atoms with Crippen molar-refractivity contribution < 1.29 is 13.3 Å². The number of hydrogen-bond acceptors (Lipinski definition) is 5. The van der Waals surface area contributed by atoms with Gasteiger partial charge in [-0.1, -0.05) is 6.07 Å². The van der Waals surface area contributed by atoms with E-state index in [2.05, 4.69) is 10.2 Å². The van der Waals surface area contributed by atoms with Gasteiger partial charge in [-0.05, 0) is 6.07 Å². The van der Waals surface area contributed by atoms with Crippen LogP contribution in [0.15, 0.2) is 23.2 Å². The van der Waals surface area contributed by atoms with Crippen LogP contribution in [0.1, 0.15) is 0 Å². The molecule has 0 spiro atoms. The topological polar surface area (TPSA) is 132 Å². The Kier molecular flexibility index (Phi) is 2.14. The SMILES string of the molecule is NS(=O)(=O)c1[nH]nc2cccc([N+](=O)[O-])c12. The molecule has 0 aliphatic heterocycles. The van der Waals surface area contributed by atoms with Gasteiger partial charge in [0.25, 0.3) is 15.7 Å². The van der Waals surface area contributed by atoms with Gasteiger partial charge in [0.1, 0.15) is 10.9 Å². The summed E-state index contributed by atoms with van der Waals surface area (Å²) in [6.45, 7) is 0. The molecule has 8 nitrogen and oxygen atoms in total. The third kappa shape index (κ3) is 1.51. The fraction of sp³-hybridized carbons (Fsp3) is 0. The average Bonchev–Trinajstić information content (AvgIpc) is 2.59. The van der Waals surface area contributed by atoms with Gasteiger partial charge in [0.2, 0.25) is 0 Å². The van der Waals surface area contributed by atoms with E-state index in [4.69, 9.17) is 5.14 Å². The Morgan fingerprint density at radius 3 is 2.69 bits per heavy atom. The third-order valence-electron chi connectivity index (χ3n) is 2.01. The number of nitrogens with zero attached hydrogens (tertiary/aromatic N) is 2. The molecular weight excluding hydrogens is 236 g/mol. The van der Waals surface area contributed by atoms with Crippen molar-refractivity contribution in [1.29, 1.82) is 0 Å². The number of nitrogens with two attached hydrogens (primary N) is 1. The molecule has 0 aliphatic carbocycles. The Hall–Kier alpha value is -2.00. The van der Waals surface area contributed by atoms with Crippen molar-refractivity contribution in [2.75, 3.05) is 0 Å². The van der Waals surface area contributed by atoms with E-state index in [9.17, 15) is 18.5 Å². The number of non-ortho nitro benzene ring substituents is 1. The fourth-order valence-corrected chi connectivity index (χ4v) is 2.05. The Morgan fingerprint density at radius 2 is 2.12 bits per heavy atom. The summed E-state index contributed by atoms with van der Waals surface area (Å²) >= 11 is 0. The zero-order chi connectivity index (χ0) is 11.9. The van der Waals surface area contributed by atoms with Gasteiger partial charge < -0.3 is 0 Å². The predicted molar refractivity (Wildman–Crippen MR) is 54.1 cm³/mol. The van der Waals surface area contributed by atoms with Crippen molar-refractivity contribution >= 4 is 26.6 Å². The van der Waals surface area contributed by atoms with Crippen LogP contribution in [0, 0.1) is 10.1 Å². The maximum absolute atomic E-state index is 11.2. The lowest BCUT2D eigenvalue weighted by atomic mass is 10.2. The van der Waals surface area contributed by atoms with Crippen LogP contribution < -0.4 is 5.14 Å². The van der Waals surface area contributed by atoms with Gasteiger partial charge in [-0.25, -0.2) is 13.6 Å². The summed E-state index contributed by atoms with van der Waals surface area (Å²) in [6.07, 6.45) is 0. The molecule has 0 saturated carbocycles. The second kappa shape index (κ2) is 3.25. The van der Waals surface area contributed by atoms with E-state index in [1.165, 1.54) is 18.2 Å². The predicted octanol–water partition coefficient (Wildman–Crippen LogP) is 0.119. The van der Waals surface area contributed by atoms with Crippen LogP contribution in [0.5, 0.6) is 0 Å². The molecule has 16 heavy (non-hydrogen) atoms. The highest BCUT2D eigenvalue weighted by Crippen LogP contribution is 2.28. The maximum atomic E-state index is 11.2. The molecule has 84 valence electrons. The second-order valence-electron chi connectivity index (χ2n) is 3.03. The molecule has 0 radical (unpaired) electrons.